The van der Waals surface area contributed by atoms with Gasteiger partial charge in [0.1, 0.15) is 11.8 Å². The number of rotatable bonds is 7. The molecule has 1 aromatic carbocycles. The predicted octanol–water partition coefficient (Wildman–Crippen LogP) is 3.36. The van der Waals surface area contributed by atoms with Crippen molar-refractivity contribution in [2.24, 2.45) is 5.92 Å². The minimum absolute atomic E-state index is 0.0561. The molecule has 3 unspecified atom stereocenters. The van der Waals surface area contributed by atoms with Gasteiger partial charge >= 0.3 is 5.91 Å². The average Bonchev–Trinajstić information content (AvgIpc) is 3.50. The smallest absolute Gasteiger partial charge is 0.305 e. The number of hydrogen-bond donors (Lipinski definition) is 2. The summed E-state index contributed by atoms with van der Waals surface area (Å²) in [6.07, 6.45) is 4.70. The third-order valence-corrected chi connectivity index (χ3v) is 7.10. The van der Waals surface area contributed by atoms with Crippen LogP contribution in [0.2, 0.25) is 0 Å². The Hall–Kier alpha value is -3.13. The molecule has 0 spiro atoms. The molecule has 2 heterocycles. The molecule has 0 radical (unpaired) electrons. The Kier molecular flexibility index (Phi) is 7.67. The predicted molar refractivity (Wildman–Crippen MR) is 128 cm³/mol. The summed E-state index contributed by atoms with van der Waals surface area (Å²) in [7, 11) is 0. The second-order valence-corrected chi connectivity index (χ2v) is 9.11. The lowest BCUT2D eigenvalue weighted by Crippen LogP contribution is -2.53. The number of likely N-dealkylation sites (tertiary alicyclic amines) is 1. The highest BCUT2D eigenvalue weighted by Crippen LogP contribution is 2.40. The zero-order chi connectivity index (χ0) is 24.1. The van der Waals surface area contributed by atoms with Crippen molar-refractivity contribution in [3.8, 4) is 0 Å². The molecule has 0 bridgehead atoms. The first-order valence-electron chi connectivity index (χ1n) is 12.3. The maximum atomic E-state index is 13.4. The van der Waals surface area contributed by atoms with Gasteiger partial charge in [0.2, 0.25) is 0 Å². The Morgan fingerprint density at radius 2 is 1.74 bits per heavy atom. The van der Waals surface area contributed by atoms with E-state index in [2.05, 4.69) is 29.6 Å². The number of carbonyl (C=O) groups is 3. The fourth-order valence-electron chi connectivity index (χ4n) is 5.23. The third kappa shape index (κ3) is 5.17. The summed E-state index contributed by atoms with van der Waals surface area (Å²) in [6, 6.07) is 11.9. The minimum atomic E-state index is -0.615. The summed E-state index contributed by atoms with van der Waals surface area (Å²) in [5.74, 6) is 0.117. The van der Waals surface area contributed by atoms with Crippen LogP contribution < -0.4 is 10.9 Å². The topological polar surface area (TPSA) is 94.9 Å². The van der Waals surface area contributed by atoms with E-state index >= 15 is 0 Å². The summed E-state index contributed by atoms with van der Waals surface area (Å²) in [4.78, 5) is 43.0. The lowest BCUT2D eigenvalue weighted by atomic mass is 9.84. The summed E-state index contributed by atoms with van der Waals surface area (Å²) in [5, 5.41) is 0. The molecule has 3 atom stereocenters. The molecule has 4 rings (SSSR count). The van der Waals surface area contributed by atoms with Crippen LogP contribution in [0.15, 0.2) is 46.9 Å². The van der Waals surface area contributed by atoms with E-state index in [1.807, 2.05) is 18.2 Å². The molecule has 1 aliphatic heterocycles. The largest absolute Gasteiger partial charge is 0.454 e. The van der Waals surface area contributed by atoms with Crippen molar-refractivity contribution in [2.75, 3.05) is 13.1 Å². The number of amides is 3. The van der Waals surface area contributed by atoms with Gasteiger partial charge in [0.15, 0.2) is 5.76 Å². The molecule has 2 aliphatic rings. The van der Waals surface area contributed by atoms with E-state index in [0.29, 0.717) is 30.2 Å². The molecule has 182 valence electrons. The first-order chi connectivity index (χ1) is 16.5. The molecular formula is C26H34N4O4. The third-order valence-electron chi connectivity index (χ3n) is 7.10. The van der Waals surface area contributed by atoms with Crippen LogP contribution in [-0.2, 0) is 11.3 Å². The molecule has 2 fully saturated rings. The van der Waals surface area contributed by atoms with E-state index in [0.717, 1.165) is 38.8 Å². The van der Waals surface area contributed by atoms with Gasteiger partial charge in [0.05, 0.1) is 6.54 Å². The summed E-state index contributed by atoms with van der Waals surface area (Å²) in [6.45, 7) is 6.53. The van der Waals surface area contributed by atoms with Gasteiger partial charge < -0.3 is 9.32 Å². The normalized spacial score (nSPS) is 21.9. The molecular weight excluding hydrogens is 432 g/mol. The number of hydrazine groups is 1. The first kappa shape index (κ1) is 24.0. The van der Waals surface area contributed by atoms with Crippen LogP contribution in [0.4, 0.5) is 0 Å². The van der Waals surface area contributed by atoms with Crippen LogP contribution >= 0.6 is 0 Å². The number of benzene rings is 1. The van der Waals surface area contributed by atoms with Gasteiger partial charge in [-0.05, 0) is 62.5 Å². The Balaban J connectivity index is 1.41. The van der Waals surface area contributed by atoms with Crippen LogP contribution in [-0.4, -0.2) is 52.7 Å². The number of fused-ring (bicyclic) bond motifs is 1. The quantitative estimate of drug-likeness (QED) is 0.610. The molecule has 1 saturated carbocycles. The average molecular weight is 467 g/mol. The molecule has 1 aromatic heterocycles. The molecule has 2 aromatic rings. The SMILES string of the molecule is CCN(CC)Cc1ccc(C(=O)NNC(=O)C2CC3CCCCC3N2C(=O)c2ccccc2)o1. The highest BCUT2D eigenvalue weighted by Gasteiger charge is 2.47. The second-order valence-electron chi connectivity index (χ2n) is 9.11. The number of carbonyl (C=O) groups excluding carboxylic acids is 3. The molecule has 34 heavy (non-hydrogen) atoms. The number of nitrogens with zero attached hydrogens (tertiary/aromatic N) is 2. The molecule has 8 nitrogen and oxygen atoms in total. The molecule has 3 amide bonds. The van der Waals surface area contributed by atoms with Crippen LogP contribution in [0.5, 0.6) is 0 Å². The van der Waals surface area contributed by atoms with E-state index in [9.17, 15) is 14.4 Å². The van der Waals surface area contributed by atoms with Gasteiger partial charge in [0, 0.05) is 11.6 Å². The van der Waals surface area contributed by atoms with Crippen molar-refractivity contribution in [1.29, 1.82) is 0 Å². The van der Waals surface area contributed by atoms with Gasteiger partial charge in [-0.3, -0.25) is 30.1 Å². The van der Waals surface area contributed by atoms with Gasteiger partial charge in [-0.2, -0.15) is 0 Å². The zero-order valence-electron chi connectivity index (χ0n) is 20.0. The summed E-state index contributed by atoms with van der Waals surface area (Å²) >= 11 is 0. The Morgan fingerprint density at radius 3 is 2.47 bits per heavy atom. The van der Waals surface area contributed by atoms with Crippen LogP contribution in [0.1, 0.15) is 72.6 Å². The monoisotopic (exact) mass is 466 g/mol. The number of furan rings is 1. The van der Waals surface area contributed by atoms with Gasteiger partial charge in [0.25, 0.3) is 11.8 Å². The van der Waals surface area contributed by atoms with Crippen molar-refractivity contribution in [2.45, 2.75) is 64.6 Å². The number of nitrogens with one attached hydrogen (secondary N) is 2. The van der Waals surface area contributed by atoms with E-state index in [-0.39, 0.29) is 23.6 Å². The van der Waals surface area contributed by atoms with Crippen LogP contribution in [0, 0.1) is 5.92 Å². The fraction of sp³-hybridized carbons (Fsp3) is 0.500. The maximum absolute atomic E-state index is 13.4. The summed E-state index contributed by atoms with van der Waals surface area (Å²) in [5.41, 5.74) is 5.58. The maximum Gasteiger partial charge on any atom is 0.305 e. The second kappa shape index (κ2) is 10.9. The molecule has 2 N–H and O–H groups in total. The summed E-state index contributed by atoms with van der Waals surface area (Å²) < 4.78 is 5.66. The lowest BCUT2D eigenvalue weighted by molar-refractivity contribution is -0.126. The molecule has 8 heteroatoms. The van der Waals surface area contributed by atoms with Crippen molar-refractivity contribution in [3.63, 3.8) is 0 Å². The van der Waals surface area contributed by atoms with E-state index < -0.39 is 11.9 Å². The standard InChI is InChI=1S/C26H34N4O4/c1-3-29(4-2)17-20-14-15-23(34-20)25(32)28-27-24(31)22-16-19-12-8-9-13-21(19)30(22)26(33)18-10-6-5-7-11-18/h5-7,10-11,14-15,19,21-22H,3-4,8-9,12-13,16-17H2,1-2H3,(H,27,31)(H,28,32). The van der Waals surface area contributed by atoms with Gasteiger partial charge in [-0.25, -0.2) is 0 Å². The first-order valence-corrected chi connectivity index (χ1v) is 12.3. The Labute approximate surface area is 200 Å². The van der Waals surface area contributed by atoms with E-state index in [1.54, 1.807) is 29.2 Å². The molecule has 1 saturated heterocycles. The van der Waals surface area contributed by atoms with Crippen molar-refractivity contribution >= 4 is 17.7 Å². The highest BCUT2D eigenvalue weighted by atomic mass is 16.4. The Bertz CT molecular complexity index is 1000. The van der Waals surface area contributed by atoms with Gasteiger partial charge in [-0.15, -0.1) is 0 Å². The number of hydrogen-bond acceptors (Lipinski definition) is 5. The van der Waals surface area contributed by atoms with Crippen molar-refractivity contribution in [1.82, 2.24) is 20.7 Å². The highest BCUT2D eigenvalue weighted by molar-refractivity contribution is 5.99. The Morgan fingerprint density at radius 1 is 1.00 bits per heavy atom. The van der Waals surface area contributed by atoms with Gasteiger partial charge in [-0.1, -0.05) is 44.9 Å². The van der Waals surface area contributed by atoms with E-state index in [1.165, 1.54) is 0 Å². The fourth-order valence-corrected chi connectivity index (χ4v) is 5.23. The zero-order valence-corrected chi connectivity index (χ0v) is 20.0. The molecule has 1 aliphatic carbocycles. The minimum Gasteiger partial charge on any atom is -0.454 e. The van der Waals surface area contributed by atoms with Crippen molar-refractivity contribution in [3.05, 3.63) is 59.5 Å². The van der Waals surface area contributed by atoms with Crippen molar-refractivity contribution < 1.29 is 18.8 Å². The lowest BCUT2D eigenvalue weighted by Gasteiger charge is -2.33. The van der Waals surface area contributed by atoms with E-state index in [4.69, 9.17) is 4.42 Å². The van der Waals surface area contributed by atoms with Crippen LogP contribution in [0.25, 0.3) is 0 Å². The van der Waals surface area contributed by atoms with Crippen LogP contribution in [0.3, 0.4) is 0 Å².